The van der Waals surface area contributed by atoms with E-state index in [1.54, 1.807) is 0 Å². The summed E-state index contributed by atoms with van der Waals surface area (Å²) in [4.78, 5) is 12.6. The highest BCUT2D eigenvalue weighted by Crippen LogP contribution is 2.60. The highest BCUT2D eigenvalue weighted by Gasteiger charge is 2.55. The van der Waals surface area contributed by atoms with E-state index in [1.807, 2.05) is 0 Å². The molecular formula is C20H32O. The Morgan fingerprint density at radius 3 is 2.62 bits per heavy atom. The van der Waals surface area contributed by atoms with Crippen LogP contribution < -0.4 is 0 Å². The summed E-state index contributed by atoms with van der Waals surface area (Å²) < 4.78 is 0. The molecule has 21 heavy (non-hydrogen) atoms. The third kappa shape index (κ3) is 2.13. The van der Waals surface area contributed by atoms with Gasteiger partial charge in [0, 0.05) is 11.8 Å². The van der Waals surface area contributed by atoms with E-state index >= 15 is 0 Å². The van der Waals surface area contributed by atoms with Gasteiger partial charge in [-0.3, -0.25) is 4.79 Å². The van der Waals surface area contributed by atoms with Crippen molar-refractivity contribution in [1.82, 2.24) is 0 Å². The Labute approximate surface area is 130 Å². The van der Waals surface area contributed by atoms with Crippen LogP contribution >= 0.6 is 0 Å². The monoisotopic (exact) mass is 288 g/mol. The molecule has 0 bridgehead atoms. The van der Waals surface area contributed by atoms with E-state index in [1.165, 1.54) is 57.8 Å². The van der Waals surface area contributed by atoms with Gasteiger partial charge in [0.15, 0.2) is 0 Å². The van der Waals surface area contributed by atoms with Crippen molar-refractivity contribution in [2.75, 3.05) is 0 Å². The van der Waals surface area contributed by atoms with Crippen LogP contribution in [0.2, 0.25) is 0 Å². The number of ketones is 1. The first kappa shape index (κ1) is 14.3. The van der Waals surface area contributed by atoms with Crippen LogP contribution in [0.4, 0.5) is 0 Å². The normalized spacial score (nSPS) is 53.5. The van der Waals surface area contributed by atoms with E-state index < -0.39 is 0 Å². The van der Waals surface area contributed by atoms with Gasteiger partial charge in [-0.2, -0.15) is 0 Å². The molecule has 4 aliphatic carbocycles. The van der Waals surface area contributed by atoms with Crippen LogP contribution in [0.15, 0.2) is 0 Å². The summed E-state index contributed by atoms with van der Waals surface area (Å²) in [5, 5.41) is 0. The Hall–Kier alpha value is -0.330. The minimum Gasteiger partial charge on any atom is -0.299 e. The fraction of sp³-hybridized carbons (Fsp3) is 0.950. The van der Waals surface area contributed by atoms with Crippen molar-refractivity contribution in [2.24, 2.45) is 40.9 Å². The summed E-state index contributed by atoms with van der Waals surface area (Å²) in [7, 11) is 0. The van der Waals surface area contributed by atoms with Gasteiger partial charge in [0.25, 0.3) is 0 Å². The summed E-state index contributed by atoms with van der Waals surface area (Å²) in [5.74, 6) is 6.21. The maximum atomic E-state index is 12.6. The molecule has 4 saturated carbocycles. The minimum absolute atomic E-state index is 0.0637. The summed E-state index contributed by atoms with van der Waals surface area (Å²) in [6.45, 7) is 4.78. The maximum absolute atomic E-state index is 12.6. The Morgan fingerprint density at radius 2 is 1.76 bits per heavy atom. The highest BCUT2D eigenvalue weighted by atomic mass is 16.1. The SMILES string of the molecule is C[C@@H]1CC[C@H]2[C@@H](CC[C@@H]3[C@@H]2CC[C@]2(C)C(=O)CCC[C@@H]32)C1. The molecule has 0 heterocycles. The molecule has 0 unspecified atom stereocenters. The standard InChI is InChI=1S/C20H32O/c1-13-6-8-15-14(12-13)7-9-17-16(15)10-11-20(2)18(17)4-3-5-19(20)21/h13-18H,3-12H2,1-2H3/t13-,14+,15+,16-,17-,18+,20+/m1/s1. The summed E-state index contributed by atoms with van der Waals surface area (Å²) in [6, 6.07) is 0. The van der Waals surface area contributed by atoms with E-state index in [4.69, 9.17) is 0 Å². The van der Waals surface area contributed by atoms with Crippen LogP contribution in [0.3, 0.4) is 0 Å². The van der Waals surface area contributed by atoms with Crippen LogP contribution in [-0.4, -0.2) is 5.78 Å². The molecule has 0 aliphatic heterocycles. The predicted molar refractivity (Wildman–Crippen MR) is 85.9 cm³/mol. The van der Waals surface area contributed by atoms with Gasteiger partial charge in [-0.05, 0) is 86.9 Å². The van der Waals surface area contributed by atoms with Crippen molar-refractivity contribution in [3.8, 4) is 0 Å². The number of hydrogen-bond acceptors (Lipinski definition) is 1. The fourth-order valence-electron chi connectivity index (χ4n) is 7.05. The van der Waals surface area contributed by atoms with Crippen molar-refractivity contribution < 1.29 is 4.79 Å². The van der Waals surface area contributed by atoms with Gasteiger partial charge in [0.2, 0.25) is 0 Å². The lowest BCUT2D eigenvalue weighted by Crippen LogP contribution is -2.52. The van der Waals surface area contributed by atoms with E-state index in [-0.39, 0.29) is 5.41 Å². The first-order valence-electron chi connectivity index (χ1n) is 9.63. The third-order valence-electron chi connectivity index (χ3n) is 8.16. The van der Waals surface area contributed by atoms with Crippen molar-refractivity contribution in [3.63, 3.8) is 0 Å². The molecule has 0 spiro atoms. The highest BCUT2D eigenvalue weighted by molar-refractivity contribution is 5.85. The van der Waals surface area contributed by atoms with E-state index in [9.17, 15) is 4.79 Å². The predicted octanol–water partition coefficient (Wildman–Crippen LogP) is 5.23. The second-order valence-corrected chi connectivity index (χ2v) is 9.13. The number of rotatable bonds is 0. The molecule has 0 amide bonds. The molecule has 0 aromatic heterocycles. The van der Waals surface area contributed by atoms with Crippen LogP contribution in [-0.2, 0) is 4.79 Å². The van der Waals surface area contributed by atoms with E-state index in [0.717, 1.165) is 41.9 Å². The first-order chi connectivity index (χ1) is 10.1. The molecule has 118 valence electrons. The molecule has 0 radical (unpaired) electrons. The Kier molecular flexibility index (Phi) is 3.47. The Balaban J connectivity index is 1.58. The topological polar surface area (TPSA) is 17.1 Å². The van der Waals surface area contributed by atoms with Gasteiger partial charge >= 0.3 is 0 Å². The van der Waals surface area contributed by atoms with Crippen molar-refractivity contribution >= 4 is 5.78 Å². The van der Waals surface area contributed by atoms with Crippen molar-refractivity contribution in [1.29, 1.82) is 0 Å². The lowest BCUT2D eigenvalue weighted by molar-refractivity contribution is -0.147. The van der Waals surface area contributed by atoms with Crippen LogP contribution in [0.1, 0.15) is 78.1 Å². The Bertz CT molecular complexity index is 428. The van der Waals surface area contributed by atoms with Gasteiger partial charge < -0.3 is 0 Å². The summed E-state index contributed by atoms with van der Waals surface area (Å²) >= 11 is 0. The molecule has 7 atom stereocenters. The number of carbonyl (C=O) groups is 1. The molecule has 4 rings (SSSR count). The zero-order valence-corrected chi connectivity index (χ0v) is 13.9. The van der Waals surface area contributed by atoms with Crippen LogP contribution in [0.5, 0.6) is 0 Å². The quantitative estimate of drug-likeness (QED) is 0.596. The minimum atomic E-state index is 0.0637. The fourth-order valence-corrected chi connectivity index (χ4v) is 7.05. The van der Waals surface area contributed by atoms with Crippen molar-refractivity contribution in [3.05, 3.63) is 0 Å². The van der Waals surface area contributed by atoms with Gasteiger partial charge in [-0.1, -0.05) is 20.3 Å². The van der Waals surface area contributed by atoms with Gasteiger partial charge in [-0.15, -0.1) is 0 Å². The van der Waals surface area contributed by atoms with E-state index in [0.29, 0.717) is 5.78 Å². The average molecular weight is 288 g/mol. The number of hydrogen-bond donors (Lipinski definition) is 0. The van der Waals surface area contributed by atoms with Crippen LogP contribution in [0.25, 0.3) is 0 Å². The lowest BCUT2D eigenvalue weighted by Gasteiger charge is -2.57. The average Bonchev–Trinajstić information content (AvgIpc) is 2.48. The van der Waals surface area contributed by atoms with Crippen LogP contribution in [0, 0.1) is 40.9 Å². The number of carbonyl (C=O) groups excluding carboxylic acids is 1. The molecule has 0 aromatic carbocycles. The second kappa shape index (κ2) is 5.10. The zero-order chi connectivity index (χ0) is 14.6. The maximum Gasteiger partial charge on any atom is 0.139 e. The first-order valence-corrected chi connectivity index (χ1v) is 9.63. The second-order valence-electron chi connectivity index (χ2n) is 9.13. The summed E-state index contributed by atoms with van der Waals surface area (Å²) in [5.41, 5.74) is 0.0637. The molecule has 0 saturated heterocycles. The van der Waals surface area contributed by atoms with Gasteiger partial charge in [0.05, 0.1) is 0 Å². The molecule has 0 N–H and O–H groups in total. The molecule has 4 fully saturated rings. The zero-order valence-electron chi connectivity index (χ0n) is 13.9. The van der Waals surface area contributed by atoms with Gasteiger partial charge in [-0.25, -0.2) is 0 Å². The summed E-state index contributed by atoms with van der Waals surface area (Å²) in [6.07, 6.45) is 13.3. The van der Waals surface area contributed by atoms with Gasteiger partial charge in [0.1, 0.15) is 5.78 Å². The molecule has 0 aromatic rings. The van der Waals surface area contributed by atoms with E-state index in [2.05, 4.69) is 13.8 Å². The number of fused-ring (bicyclic) bond motifs is 5. The largest absolute Gasteiger partial charge is 0.299 e. The third-order valence-corrected chi connectivity index (χ3v) is 8.16. The molecule has 1 heteroatoms. The van der Waals surface area contributed by atoms with Crippen molar-refractivity contribution in [2.45, 2.75) is 78.1 Å². The smallest absolute Gasteiger partial charge is 0.139 e. The Morgan fingerprint density at radius 1 is 0.952 bits per heavy atom. The molecule has 4 aliphatic rings. The lowest BCUT2D eigenvalue weighted by atomic mass is 9.47. The molecule has 1 nitrogen and oxygen atoms in total. The number of Topliss-reactive ketones (excluding diaryl/α,β-unsaturated/α-hetero) is 1. The molecular weight excluding hydrogens is 256 g/mol.